The fourth-order valence-corrected chi connectivity index (χ4v) is 4.10. The number of fused-ring (bicyclic) bond motifs is 1. The molecular formula is C29H39NO4. The van der Waals surface area contributed by atoms with Crippen LogP contribution in [0.15, 0.2) is 54.6 Å². The summed E-state index contributed by atoms with van der Waals surface area (Å²) in [6, 6.07) is 17.5. The van der Waals surface area contributed by atoms with Crippen LogP contribution in [0.4, 0.5) is 0 Å². The Bertz CT molecular complexity index is 1030. The zero-order valence-corrected chi connectivity index (χ0v) is 21.0. The number of phenolic OH excluding ortho intramolecular Hbond substituents is 1. The Kier molecular flexibility index (Phi) is 9.20. The topological polar surface area (TPSA) is 62.2 Å². The lowest BCUT2D eigenvalue weighted by Crippen LogP contribution is -2.30. The number of aromatic hydroxyl groups is 1. The van der Waals surface area contributed by atoms with E-state index in [9.17, 15) is 10.2 Å². The van der Waals surface area contributed by atoms with Gasteiger partial charge in [0.25, 0.3) is 0 Å². The van der Waals surface area contributed by atoms with E-state index in [-0.39, 0.29) is 12.4 Å². The van der Waals surface area contributed by atoms with Crippen LogP contribution in [0.3, 0.4) is 0 Å². The molecule has 5 nitrogen and oxygen atoms in total. The molecule has 0 fully saturated rings. The van der Waals surface area contributed by atoms with Crippen LogP contribution in [0.1, 0.15) is 51.7 Å². The number of benzene rings is 3. The molecule has 0 saturated carbocycles. The second-order valence-electron chi connectivity index (χ2n) is 9.56. The first-order chi connectivity index (χ1) is 16.3. The van der Waals surface area contributed by atoms with Gasteiger partial charge in [-0.25, -0.2) is 0 Å². The number of nitrogens with zero attached hydrogens (tertiary/aromatic N) is 1. The third-order valence-corrected chi connectivity index (χ3v) is 5.71. The fraction of sp³-hybridized carbons (Fsp3) is 0.448. The number of rotatable bonds is 13. The summed E-state index contributed by atoms with van der Waals surface area (Å²) < 4.78 is 12.0. The maximum atomic E-state index is 10.1. The van der Waals surface area contributed by atoms with Gasteiger partial charge in [-0.2, -0.15) is 0 Å². The zero-order chi connectivity index (χ0) is 24.6. The maximum Gasteiger partial charge on any atom is 0.123 e. The second kappa shape index (κ2) is 12.1. The summed E-state index contributed by atoms with van der Waals surface area (Å²) in [5.41, 5.74) is 1.24. The summed E-state index contributed by atoms with van der Waals surface area (Å²) >= 11 is 0. The summed E-state index contributed by atoms with van der Waals surface area (Å²) in [6.45, 7) is 11.9. The average Bonchev–Trinajstić information content (AvgIpc) is 2.79. The van der Waals surface area contributed by atoms with Crippen LogP contribution in [0.5, 0.6) is 17.2 Å². The monoisotopic (exact) mass is 465 g/mol. The number of ether oxygens (including phenoxy) is 2. The van der Waals surface area contributed by atoms with Crippen LogP contribution >= 0.6 is 0 Å². The van der Waals surface area contributed by atoms with Crippen molar-refractivity contribution in [2.45, 2.75) is 52.6 Å². The summed E-state index contributed by atoms with van der Waals surface area (Å²) in [4.78, 5) is 2.45. The van der Waals surface area contributed by atoms with Crippen molar-refractivity contribution < 1.29 is 19.7 Å². The maximum absolute atomic E-state index is 10.1. The summed E-state index contributed by atoms with van der Waals surface area (Å²) in [6.07, 6.45) is 2.98. The van der Waals surface area contributed by atoms with Gasteiger partial charge < -0.3 is 19.7 Å². The molecule has 0 aliphatic heterocycles. The van der Waals surface area contributed by atoms with Crippen molar-refractivity contribution in [2.24, 2.45) is 0 Å². The standard InChI is InChI=1S/C29H39NO4/c1-5-15-30(16-6-2)17-18-33-25-11-7-22(8-12-25)19-27-26-13-10-24(31)20-23(26)9-14-28(27)34-21-29(3,4)32/h7-14,20,31-32H,5-6,15-19,21H2,1-4H3. The molecule has 0 spiro atoms. The van der Waals surface area contributed by atoms with Crippen LogP contribution < -0.4 is 9.47 Å². The Balaban J connectivity index is 1.73. The van der Waals surface area contributed by atoms with Gasteiger partial charge in [0, 0.05) is 18.5 Å². The van der Waals surface area contributed by atoms with Crippen LogP contribution in [0.25, 0.3) is 10.8 Å². The van der Waals surface area contributed by atoms with Crippen molar-refractivity contribution in [1.82, 2.24) is 4.90 Å². The van der Waals surface area contributed by atoms with E-state index in [1.807, 2.05) is 30.3 Å². The fourth-order valence-electron chi connectivity index (χ4n) is 4.10. The predicted molar refractivity (Wildman–Crippen MR) is 139 cm³/mol. The lowest BCUT2D eigenvalue weighted by molar-refractivity contribution is 0.0282. The molecule has 0 aliphatic carbocycles. The third-order valence-electron chi connectivity index (χ3n) is 5.71. The van der Waals surface area contributed by atoms with Gasteiger partial charge in [-0.05, 0) is 86.4 Å². The van der Waals surface area contributed by atoms with Gasteiger partial charge in [-0.15, -0.1) is 0 Å². The number of hydrogen-bond acceptors (Lipinski definition) is 5. The van der Waals surface area contributed by atoms with Crippen molar-refractivity contribution in [2.75, 3.05) is 32.8 Å². The number of phenols is 1. The molecule has 3 rings (SSSR count). The van der Waals surface area contributed by atoms with E-state index in [1.54, 1.807) is 26.0 Å². The van der Waals surface area contributed by atoms with Crippen molar-refractivity contribution >= 4 is 10.8 Å². The summed E-state index contributed by atoms with van der Waals surface area (Å²) in [7, 11) is 0. The highest BCUT2D eigenvalue weighted by Gasteiger charge is 2.17. The van der Waals surface area contributed by atoms with Crippen molar-refractivity contribution in [3.8, 4) is 17.2 Å². The molecule has 3 aromatic carbocycles. The minimum Gasteiger partial charge on any atom is -0.508 e. The van der Waals surface area contributed by atoms with Gasteiger partial charge in [-0.1, -0.05) is 38.1 Å². The van der Waals surface area contributed by atoms with Gasteiger partial charge in [0.05, 0.1) is 5.60 Å². The quantitative estimate of drug-likeness (QED) is 0.335. The molecule has 0 unspecified atom stereocenters. The Morgan fingerprint density at radius 1 is 0.853 bits per heavy atom. The molecule has 34 heavy (non-hydrogen) atoms. The van der Waals surface area contributed by atoms with Gasteiger partial charge in [0.15, 0.2) is 0 Å². The Morgan fingerprint density at radius 3 is 2.21 bits per heavy atom. The summed E-state index contributed by atoms with van der Waals surface area (Å²) in [5, 5.41) is 22.0. The van der Waals surface area contributed by atoms with E-state index < -0.39 is 5.60 Å². The highest BCUT2D eigenvalue weighted by molar-refractivity contribution is 5.89. The van der Waals surface area contributed by atoms with Crippen LogP contribution in [-0.2, 0) is 6.42 Å². The smallest absolute Gasteiger partial charge is 0.123 e. The van der Waals surface area contributed by atoms with E-state index >= 15 is 0 Å². The second-order valence-corrected chi connectivity index (χ2v) is 9.56. The van der Waals surface area contributed by atoms with Gasteiger partial charge in [-0.3, -0.25) is 4.90 Å². The Labute approximate surface area is 203 Å². The van der Waals surface area contributed by atoms with Crippen molar-refractivity contribution in [3.63, 3.8) is 0 Å². The Morgan fingerprint density at radius 2 is 1.56 bits per heavy atom. The van der Waals surface area contributed by atoms with Crippen molar-refractivity contribution in [3.05, 3.63) is 65.7 Å². The minimum absolute atomic E-state index is 0.198. The van der Waals surface area contributed by atoms with E-state index in [4.69, 9.17) is 9.47 Å². The first-order valence-corrected chi connectivity index (χ1v) is 12.3. The molecule has 5 heteroatoms. The molecular weight excluding hydrogens is 426 g/mol. The van der Waals surface area contributed by atoms with Gasteiger partial charge in [0.1, 0.15) is 30.5 Å². The molecule has 3 aromatic rings. The van der Waals surface area contributed by atoms with E-state index in [1.165, 1.54) is 0 Å². The third kappa shape index (κ3) is 7.64. The molecule has 184 valence electrons. The molecule has 0 heterocycles. The highest BCUT2D eigenvalue weighted by Crippen LogP contribution is 2.33. The van der Waals surface area contributed by atoms with Crippen LogP contribution in [0.2, 0.25) is 0 Å². The van der Waals surface area contributed by atoms with Crippen LogP contribution in [0, 0.1) is 0 Å². The van der Waals surface area contributed by atoms with Gasteiger partial charge >= 0.3 is 0 Å². The first-order valence-electron chi connectivity index (χ1n) is 12.3. The molecule has 0 aromatic heterocycles. The largest absolute Gasteiger partial charge is 0.508 e. The zero-order valence-electron chi connectivity index (χ0n) is 21.0. The first kappa shape index (κ1) is 25.9. The van der Waals surface area contributed by atoms with Crippen LogP contribution in [-0.4, -0.2) is 53.6 Å². The normalized spacial score (nSPS) is 11.8. The van der Waals surface area contributed by atoms with Crippen molar-refractivity contribution in [1.29, 1.82) is 0 Å². The van der Waals surface area contributed by atoms with E-state index in [2.05, 4.69) is 30.9 Å². The molecule has 2 N–H and O–H groups in total. The van der Waals surface area contributed by atoms with E-state index in [0.717, 1.165) is 65.9 Å². The molecule has 0 saturated heterocycles. The molecule has 0 bridgehead atoms. The Hall–Kier alpha value is -2.76. The van der Waals surface area contributed by atoms with E-state index in [0.29, 0.717) is 13.0 Å². The molecule has 0 radical (unpaired) electrons. The SMILES string of the molecule is CCCN(CCC)CCOc1ccc(Cc2c(OCC(C)(C)O)ccc3cc(O)ccc23)cc1. The lowest BCUT2D eigenvalue weighted by atomic mass is 9.97. The molecule has 0 atom stereocenters. The average molecular weight is 466 g/mol. The minimum atomic E-state index is -0.927. The number of aliphatic hydroxyl groups is 1. The molecule has 0 aliphatic rings. The predicted octanol–water partition coefficient (Wildman–Crippen LogP) is 5.79. The summed E-state index contributed by atoms with van der Waals surface area (Å²) in [5.74, 6) is 1.85. The highest BCUT2D eigenvalue weighted by atomic mass is 16.5. The van der Waals surface area contributed by atoms with Gasteiger partial charge in [0.2, 0.25) is 0 Å². The number of hydrogen-bond donors (Lipinski definition) is 2. The molecule has 0 amide bonds. The lowest BCUT2D eigenvalue weighted by Gasteiger charge is -2.21.